The fourth-order valence-electron chi connectivity index (χ4n) is 1.44. The van der Waals surface area contributed by atoms with E-state index in [-0.39, 0.29) is 18.0 Å². The number of carboxylic acid groups (broad SMARTS) is 1. The van der Waals surface area contributed by atoms with Crippen molar-refractivity contribution in [1.29, 1.82) is 0 Å². The molecule has 1 amide bonds. The number of anilines is 2. The number of nitrogens with zero attached hydrogens (tertiary/aromatic N) is 2. The molecule has 98 valence electrons. The van der Waals surface area contributed by atoms with Crippen LogP contribution in [0.5, 0.6) is 0 Å². The van der Waals surface area contributed by atoms with Gasteiger partial charge in [0.1, 0.15) is 0 Å². The van der Waals surface area contributed by atoms with E-state index >= 15 is 0 Å². The van der Waals surface area contributed by atoms with Crippen LogP contribution >= 0.6 is 0 Å². The number of nitrogens with two attached hydrogens (primary N) is 1. The van der Waals surface area contributed by atoms with Gasteiger partial charge in [0, 0.05) is 21.1 Å². The van der Waals surface area contributed by atoms with Gasteiger partial charge in [0.2, 0.25) is 5.91 Å². The first-order chi connectivity index (χ1) is 8.32. The molecule has 18 heavy (non-hydrogen) atoms. The molecule has 6 heteroatoms. The number of benzene rings is 1. The summed E-state index contributed by atoms with van der Waals surface area (Å²) in [6.45, 7) is 0.139. The molecular formula is C12H17N3O3. The maximum Gasteiger partial charge on any atom is 0.335 e. The Morgan fingerprint density at radius 3 is 2.39 bits per heavy atom. The molecular weight excluding hydrogens is 234 g/mol. The zero-order valence-electron chi connectivity index (χ0n) is 10.7. The molecule has 1 aromatic rings. The summed E-state index contributed by atoms with van der Waals surface area (Å²) in [4.78, 5) is 25.6. The van der Waals surface area contributed by atoms with Gasteiger partial charge in [0.05, 0.1) is 23.5 Å². The molecule has 1 rings (SSSR count). The van der Waals surface area contributed by atoms with Crippen molar-refractivity contribution in [2.24, 2.45) is 0 Å². The highest BCUT2D eigenvalue weighted by Crippen LogP contribution is 2.23. The molecule has 0 saturated carbocycles. The summed E-state index contributed by atoms with van der Waals surface area (Å²) >= 11 is 0. The van der Waals surface area contributed by atoms with E-state index in [0.717, 1.165) is 0 Å². The van der Waals surface area contributed by atoms with E-state index in [4.69, 9.17) is 10.8 Å². The average molecular weight is 251 g/mol. The fraction of sp³-hybridized carbons (Fsp3) is 0.333. The molecule has 0 aliphatic rings. The summed E-state index contributed by atoms with van der Waals surface area (Å²) in [7, 11) is 5.01. The van der Waals surface area contributed by atoms with E-state index in [1.165, 1.54) is 23.1 Å². The maximum absolute atomic E-state index is 11.6. The molecule has 0 unspecified atom stereocenters. The number of carbonyl (C=O) groups is 2. The van der Waals surface area contributed by atoms with Crippen LogP contribution in [0.2, 0.25) is 0 Å². The number of carboxylic acids is 1. The van der Waals surface area contributed by atoms with Crippen LogP contribution in [0, 0.1) is 0 Å². The highest BCUT2D eigenvalue weighted by Gasteiger charge is 2.13. The number of likely N-dealkylation sites (N-methyl/N-ethyl adjacent to an activating group) is 2. The van der Waals surface area contributed by atoms with Crippen molar-refractivity contribution in [2.45, 2.75) is 0 Å². The maximum atomic E-state index is 11.6. The van der Waals surface area contributed by atoms with Crippen LogP contribution in [0.1, 0.15) is 10.4 Å². The summed E-state index contributed by atoms with van der Waals surface area (Å²) in [6, 6.07) is 4.42. The van der Waals surface area contributed by atoms with Crippen LogP contribution in [0.3, 0.4) is 0 Å². The van der Waals surface area contributed by atoms with E-state index in [9.17, 15) is 9.59 Å². The van der Waals surface area contributed by atoms with Gasteiger partial charge in [0.25, 0.3) is 0 Å². The Morgan fingerprint density at radius 2 is 1.89 bits per heavy atom. The summed E-state index contributed by atoms with van der Waals surface area (Å²) in [5.74, 6) is -1.11. The lowest BCUT2D eigenvalue weighted by Crippen LogP contribution is -2.34. The van der Waals surface area contributed by atoms with Crippen LogP contribution in [0.4, 0.5) is 11.4 Å². The summed E-state index contributed by atoms with van der Waals surface area (Å²) in [6.07, 6.45) is 0. The number of rotatable bonds is 4. The highest BCUT2D eigenvalue weighted by molar-refractivity contribution is 5.91. The van der Waals surface area contributed by atoms with Crippen molar-refractivity contribution >= 4 is 23.3 Å². The molecule has 0 saturated heterocycles. The van der Waals surface area contributed by atoms with Crippen LogP contribution in [-0.4, -0.2) is 49.6 Å². The van der Waals surface area contributed by atoms with E-state index in [2.05, 4.69) is 0 Å². The standard InChI is InChI=1S/C12H17N3O3/c1-14(2)11(16)7-15(3)10-6-8(12(17)18)4-5-9(10)13/h4-6H,7,13H2,1-3H3,(H,17,18). The molecule has 0 atom stereocenters. The molecule has 0 bridgehead atoms. The van der Waals surface area contributed by atoms with Gasteiger partial charge in [-0.15, -0.1) is 0 Å². The number of hydrogen-bond acceptors (Lipinski definition) is 4. The van der Waals surface area contributed by atoms with Gasteiger partial charge < -0.3 is 20.6 Å². The monoisotopic (exact) mass is 251 g/mol. The van der Waals surface area contributed by atoms with Crippen molar-refractivity contribution < 1.29 is 14.7 Å². The average Bonchev–Trinajstić information content (AvgIpc) is 2.28. The minimum absolute atomic E-state index is 0.0855. The Balaban J connectivity index is 2.97. The fourth-order valence-corrected chi connectivity index (χ4v) is 1.44. The molecule has 0 aromatic heterocycles. The van der Waals surface area contributed by atoms with Crippen molar-refractivity contribution in [3.8, 4) is 0 Å². The SMILES string of the molecule is CN(C)C(=O)CN(C)c1cc(C(=O)O)ccc1N. The van der Waals surface area contributed by atoms with E-state index in [1.807, 2.05) is 0 Å². The number of hydrogen-bond donors (Lipinski definition) is 2. The molecule has 0 aliphatic carbocycles. The van der Waals surface area contributed by atoms with Gasteiger partial charge in [-0.1, -0.05) is 0 Å². The van der Waals surface area contributed by atoms with Crippen molar-refractivity contribution in [3.63, 3.8) is 0 Å². The van der Waals surface area contributed by atoms with Gasteiger partial charge in [-0.25, -0.2) is 4.79 Å². The third-order valence-electron chi connectivity index (χ3n) is 2.56. The Bertz CT molecular complexity index is 472. The van der Waals surface area contributed by atoms with Gasteiger partial charge in [-0.2, -0.15) is 0 Å². The largest absolute Gasteiger partial charge is 0.478 e. The van der Waals surface area contributed by atoms with Crippen LogP contribution in [0.15, 0.2) is 18.2 Å². The number of nitrogen functional groups attached to an aromatic ring is 1. The molecule has 1 aromatic carbocycles. The number of aromatic carboxylic acids is 1. The van der Waals surface area contributed by atoms with Crippen molar-refractivity contribution in [2.75, 3.05) is 38.3 Å². The zero-order chi connectivity index (χ0) is 13.9. The topological polar surface area (TPSA) is 86.9 Å². The lowest BCUT2D eigenvalue weighted by Gasteiger charge is -2.22. The highest BCUT2D eigenvalue weighted by atomic mass is 16.4. The number of carbonyl (C=O) groups excluding carboxylic acids is 1. The van der Waals surface area contributed by atoms with Gasteiger partial charge in [-0.05, 0) is 18.2 Å². The van der Waals surface area contributed by atoms with Crippen LogP contribution in [-0.2, 0) is 4.79 Å². The third kappa shape index (κ3) is 3.13. The van der Waals surface area contributed by atoms with Gasteiger partial charge in [0.15, 0.2) is 0 Å². The Kier molecular flexibility index (Phi) is 4.14. The normalized spacial score (nSPS) is 9.94. The van der Waals surface area contributed by atoms with E-state index in [1.54, 1.807) is 26.0 Å². The second kappa shape index (κ2) is 5.39. The van der Waals surface area contributed by atoms with Crippen LogP contribution < -0.4 is 10.6 Å². The first kappa shape index (κ1) is 13.8. The molecule has 0 aliphatic heterocycles. The minimum Gasteiger partial charge on any atom is -0.478 e. The first-order valence-electron chi connectivity index (χ1n) is 5.37. The Labute approximate surface area is 106 Å². The molecule has 0 fully saturated rings. The molecule has 0 spiro atoms. The minimum atomic E-state index is -1.02. The van der Waals surface area contributed by atoms with Crippen molar-refractivity contribution in [3.05, 3.63) is 23.8 Å². The quantitative estimate of drug-likeness (QED) is 0.760. The third-order valence-corrected chi connectivity index (χ3v) is 2.56. The number of amides is 1. The Hall–Kier alpha value is -2.24. The zero-order valence-corrected chi connectivity index (χ0v) is 10.7. The smallest absolute Gasteiger partial charge is 0.335 e. The van der Waals surface area contributed by atoms with Gasteiger partial charge >= 0.3 is 5.97 Å². The predicted molar refractivity (Wildman–Crippen MR) is 69.8 cm³/mol. The van der Waals surface area contributed by atoms with Gasteiger partial charge in [-0.3, -0.25) is 4.79 Å². The summed E-state index contributed by atoms with van der Waals surface area (Å²) in [5.41, 5.74) is 6.90. The lowest BCUT2D eigenvalue weighted by atomic mass is 10.1. The summed E-state index contributed by atoms with van der Waals surface area (Å²) < 4.78 is 0. The molecule has 0 heterocycles. The molecule has 6 nitrogen and oxygen atoms in total. The molecule has 3 N–H and O–H groups in total. The second-order valence-electron chi connectivity index (χ2n) is 4.22. The lowest BCUT2D eigenvalue weighted by molar-refractivity contribution is -0.127. The summed E-state index contributed by atoms with van der Waals surface area (Å²) in [5, 5.41) is 8.92. The van der Waals surface area contributed by atoms with E-state index in [0.29, 0.717) is 11.4 Å². The van der Waals surface area contributed by atoms with Crippen molar-refractivity contribution in [1.82, 2.24) is 4.90 Å². The van der Waals surface area contributed by atoms with Crippen LogP contribution in [0.25, 0.3) is 0 Å². The second-order valence-corrected chi connectivity index (χ2v) is 4.22. The van der Waals surface area contributed by atoms with E-state index < -0.39 is 5.97 Å². The molecule has 0 radical (unpaired) electrons. The first-order valence-corrected chi connectivity index (χ1v) is 5.37. The predicted octanol–water partition coefficient (Wildman–Crippen LogP) is 0.491. The Morgan fingerprint density at radius 1 is 1.28 bits per heavy atom.